The van der Waals surface area contributed by atoms with E-state index >= 15 is 0 Å². The molecular weight excluding hydrogens is 360 g/mol. The van der Waals surface area contributed by atoms with Crippen molar-refractivity contribution in [1.29, 1.82) is 0 Å². The highest BCUT2D eigenvalue weighted by Gasteiger charge is 2.33. The van der Waals surface area contributed by atoms with Crippen LogP contribution in [0.5, 0.6) is 11.6 Å². The number of primary amides is 1. The van der Waals surface area contributed by atoms with Gasteiger partial charge >= 0.3 is 0 Å². The molecule has 1 aromatic carbocycles. The van der Waals surface area contributed by atoms with Gasteiger partial charge in [0.2, 0.25) is 15.9 Å². The molecule has 1 fully saturated rings. The molecule has 0 radical (unpaired) electrons. The molecular formula is C16H18N4O5S. The van der Waals surface area contributed by atoms with E-state index in [0.717, 1.165) is 0 Å². The van der Waals surface area contributed by atoms with Crippen LogP contribution >= 0.6 is 0 Å². The number of carbonyl (C=O) groups is 1. The molecule has 0 aliphatic carbocycles. The predicted molar refractivity (Wildman–Crippen MR) is 91.0 cm³/mol. The van der Waals surface area contributed by atoms with Crippen molar-refractivity contribution in [3.8, 4) is 11.6 Å². The minimum atomic E-state index is -3.64. The maximum atomic E-state index is 12.7. The number of aromatic nitrogens is 2. The SMILES string of the molecule is NC(=O)COc1ccc(S(=O)(=O)N2CCC(Oc3ccncn3)C2)cc1. The molecule has 1 aliphatic rings. The summed E-state index contributed by atoms with van der Waals surface area (Å²) in [6.45, 7) is 0.338. The summed E-state index contributed by atoms with van der Waals surface area (Å²) >= 11 is 0. The third kappa shape index (κ3) is 4.27. The van der Waals surface area contributed by atoms with E-state index in [-0.39, 0.29) is 24.2 Å². The van der Waals surface area contributed by atoms with Crippen LogP contribution in [0.25, 0.3) is 0 Å². The zero-order chi connectivity index (χ0) is 18.6. The van der Waals surface area contributed by atoms with Crippen molar-refractivity contribution in [3.63, 3.8) is 0 Å². The van der Waals surface area contributed by atoms with Crippen LogP contribution in [0.3, 0.4) is 0 Å². The number of amides is 1. The number of nitrogens with zero attached hydrogens (tertiary/aromatic N) is 3. The molecule has 9 nitrogen and oxygen atoms in total. The largest absolute Gasteiger partial charge is 0.484 e. The van der Waals surface area contributed by atoms with E-state index in [1.807, 2.05) is 0 Å². The number of carbonyl (C=O) groups excluding carboxylic acids is 1. The fourth-order valence-electron chi connectivity index (χ4n) is 2.54. The number of nitrogens with two attached hydrogens (primary N) is 1. The van der Waals surface area contributed by atoms with Gasteiger partial charge in [-0.2, -0.15) is 4.31 Å². The number of hydrogen-bond acceptors (Lipinski definition) is 7. The van der Waals surface area contributed by atoms with Crippen molar-refractivity contribution in [3.05, 3.63) is 42.9 Å². The third-order valence-corrected chi connectivity index (χ3v) is 5.67. The maximum Gasteiger partial charge on any atom is 0.255 e. The third-order valence-electron chi connectivity index (χ3n) is 3.79. The van der Waals surface area contributed by atoms with E-state index < -0.39 is 15.9 Å². The fourth-order valence-corrected chi connectivity index (χ4v) is 4.03. The van der Waals surface area contributed by atoms with Crippen molar-refractivity contribution < 1.29 is 22.7 Å². The lowest BCUT2D eigenvalue weighted by Crippen LogP contribution is -2.31. The standard InChI is InChI=1S/C16H18N4O5S/c17-15(21)10-24-12-1-3-14(4-2-12)26(22,23)20-8-6-13(9-20)25-16-5-7-18-11-19-16/h1-5,7,11,13H,6,8-10H2,(H2,17,21). The van der Waals surface area contributed by atoms with Crippen LogP contribution < -0.4 is 15.2 Å². The Bertz CT molecular complexity index is 858. The van der Waals surface area contributed by atoms with Crippen molar-refractivity contribution >= 4 is 15.9 Å². The number of benzene rings is 1. The van der Waals surface area contributed by atoms with Crippen molar-refractivity contribution in [2.75, 3.05) is 19.7 Å². The van der Waals surface area contributed by atoms with Gasteiger partial charge in [0.15, 0.2) is 6.61 Å². The van der Waals surface area contributed by atoms with Gasteiger partial charge in [0, 0.05) is 18.8 Å². The summed E-state index contributed by atoms with van der Waals surface area (Å²) in [5.41, 5.74) is 5.00. The zero-order valence-corrected chi connectivity index (χ0v) is 14.6. The molecule has 2 aromatic rings. The number of ether oxygens (including phenoxy) is 2. The lowest BCUT2D eigenvalue weighted by atomic mass is 10.3. The van der Waals surface area contributed by atoms with Crippen LogP contribution in [0.2, 0.25) is 0 Å². The van der Waals surface area contributed by atoms with Crippen LogP contribution in [0.4, 0.5) is 0 Å². The van der Waals surface area contributed by atoms with Gasteiger partial charge < -0.3 is 15.2 Å². The Balaban J connectivity index is 1.64. The first-order chi connectivity index (χ1) is 12.4. The average Bonchev–Trinajstić information content (AvgIpc) is 3.10. The van der Waals surface area contributed by atoms with Gasteiger partial charge in [-0.15, -0.1) is 0 Å². The smallest absolute Gasteiger partial charge is 0.255 e. The quantitative estimate of drug-likeness (QED) is 0.729. The molecule has 3 rings (SSSR count). The van der Waals surface area contributed by atoms with E-state index in [4.69, 9.17) is 15.2 Å². The van der Waals surface area contributed by atoms with Gasteiger partial charge in [-0.3, -0.25) is 4.79 Å². The van der Waals surface area contributed by atoms with Crippen LogP contribution in [-0.2, 0) is 14.8 Å². The van der Waals surface area contributed by atoms with E-state index in [9.17, 15) is 13.2 Å². The summed E-state index contributed by atoms with van der Waals surface area (Å²) in [6.07, 6.45) is 3.25. The van der Waals surface area contributed by atoms with Crippen molar-refractivity contribution in [2.45, 2.75) is 17.4 Å². The molecule has 0 spiro atoms. The number of sulfonamides is 1. The second kappa shape index (κ2) is 7.67. The monoisotopic (exact) mass is 378 g/mol. The Hall–Kier alpha value is -2.72. The highest BCUT2D eigenvalue weighted by atomic mass is 32.2. The normalized spacial score (nSPS) is 17.8. The Morgan fingerprint density at radius 3 is 2.69 bits per heavy atom. The fraction of sp³-hybridized carbons (Fsp3) is 0.312. The Morgan fingerprint density at radius 1 is 1.27 bits per heavy atom. The topological polar surface area (TPSA) is 125 Å². The summed E-state index contributed by atoms with van der Waals surface area (Å²) < 4.78 is 37.7. The minimum Gasteiger partial charge on any atom is -0.484 e. The van der Waals surface area contributed by atoms with Gasteiger partial charge in [-0.05, 0) is 30.7 Å². The molecule has 2 N–H and O–H groups in total. The molecule has 26 heavy (non-hydrogen) atoms. The van der Waals surface area contributed by atoms with Crippen LogP contribution in [0, 0.1) is 0 Å². The molecule has 1 amide bonds. The molecule has 1 atom stereocenters. The van der Waals surface area contributed by atoms with Gasteiger partial charge in [0.1, 0.15) is 18.2 Å². The van der Waals surface area contributed by atoms with Gasteiger partial charge in [-0.1, -0.05) is 0 Å². The maximum absolute atomic E-state index is 12.7. The first-order valence-electron chi connectivity index (χ1n) is 7.89. The van der Waals surface area contributed by atoms with Gasteiger partial charge in [0.25, 0.3) is 5.91 Å². The molecule has 138 valence electrons. The Kier molecular flexibility index (Phi) is 5.33. The lowest BCUT2D eigenvalue weighted by molar-refractivity contribution is -0.119. The molecule has 2 heterocycles. The molecule has 0 saturated carbocycles. The molecule has 1 unspecified atom stereocenters. The van der Waals surface area contributed by atoms with Gasteiger partial charge in [0.05, 0.1) is 11.4 Å². The average molecular weight is 378 g/mol. The van der Waals surface area contributed by atoms with E-state index in [1.54, 1.807) is 12.3 Å². The second-order valence-electron chi connectivity index (χ2n) is 5.67. The summed E-state index contributed by atoms with van der Waals surface area (Å²) in [5, 5.41) is 0. The van der Waals surface area contributed by atoms with Crippen LogP contribution in [-0.4, -0.2) is 54.4 Å². The van der Waals surface area contributed by atoms with Crippen molar-refractivity contribution in [2.24, 2.45) is 5.73 Å². The molecule has 1 aromatic heterocycles. The summed E-state index contributed by atoms with van der Waals surface area (Å²) in [4.78, 5) is 18.6. The highest BCUT2D eigenvalue weighted by Crippen LogP contribution is 2.24. The Labute approximate surface area is 150 Å². The predicted octanol–water partition coefficient (Wildman–Crippen LogP) is 0.183. The van der Waals surface area contributed by atoms with E-state index in [1.165, 1.54) is 34.9 Å². The zero-order valence-electron chi connectivity index (χ0n) is 13.8. The van der Waals surface area contributed by atoms with Crippen LogP contribution in [0.1, 0.15) is 6.42 Å². The minimum absolute atomic E-state index is 0.145. The first kappa shape index (κ1) is 18.1. The van der Waals surface area contributed by atoms with Crippen molar-refractivity contribution in [1.82, 2.24) is 14.3 Å². The summed E-state index contributed by atoms with van der Waals surface area (Å²) in [7, 11) is -3.64. The molecule has 10 heteroatoms. The van der Waals surface area contributed by atoms with Crippen LogP contribution in [0.15, 0.2) is 47.8 Å². The molecule has 1 aliphatic heterocycles. The first-order valence-corrected chi connectivity index (χ1v) is 9.33. The number of rotatable bonds is 7. The van der Waals surface area contributed by atoms with E-state index in [0.29, 0.717) is 24.6 Å². The molecule has 0 bridgehead atoms. The number of hydrogen-bond donors (Lipinski definition) is 1. The second-order valence-corrected chi connectivity index (χ2v) is 7.60. The highest BCUT2D eigenvalue weighted by molar-refractivity contribution is 7.89. The van der Waals surface area contributed by atoms with Gasteiger partial charge in [-0.25, -0.2) is 18.4 Å². The summed E-state index contributed by atoms with van der Waals surface area (Å²) in [5.74, 6) is 0.183. The lowest BCUT2D eigenvalue weighted by Gasteiger charge is -2.17. The molecule has 1 saturated heterocycles. The van der Waals surface area contributed by atoms with E-state index in [2.05, 4.69) is 9.97 Å². The summed E-state index contributed by atoms with van der Waals surface area (Å²) in [6, 6.07) is 7.47. The Morgan fingerprint density at radius 2 is 2.04 bits per heavy atom.